The van der Waals surface area contributed by atoms with Gasteiger partial charge in [-0.2, -0.15) is 0 Å². The summed E-state index contributed by atoms with van der Waals surface area (Å²) in [5, 5.41) is 0. The van der Waals surface area contributed by atoms with Gasteiger partial charge in [0.1, 0.15) is 12.4 Å². The van der Waals surface area contributed by atoms with Crippen LogP contribution in [0.25, 0.3) is 0 Å². The molecule has 0 saturated heterocycles. The number of hydrogen-bond acceptors (Lipinski definition) is 2. The zero-order chi connectivity index (χ0) is 14.4. The highest BCUT2D eigenvalue weighted by Gasteiger charge is 2.12. The molecule has 0 radical (unpaired) electrons. The van der Waals surface area contributed by atoms with Gasteiger partial charge in [-0.25, -0.2) is 0 Å². The van der Waals surface area contributed by atoms with Crippen LogP contribution in [0.2, 0.25) is 0 Å². The maximum absolute atomic E-state index is 6.05. The van der Waals surface area contributed by atoms with E-state index in [0.717, 1.165) is 39.8 Å². The van der Waals surface area contributed by atoms with Gasteiger partial charge in [-0.3, -0.25) is 0 Å². The lowest BCUT2D eigenvalue weighted by atomic mass is 10.0. The van der Waals surface area contributed by atoms with Crippen LogP contribution < -0.4 is 10.5 Å². The number of nitrogens with two attached hydrogens (primary N) is 1. The number of benzene rings is 1. The minimum absolute atomic E-state index is 0.153. The van der Waals surface area contributed by atoms with Gasteiger partial charge in [0.05, 0.1) is 0 Å². The standard InChI is InChI=1S/C15H21BrClNO/c1-4-14(18)7-12-6-13(16)5-11(3)15(12)19-9-10(2)8-17/h5-6,8,14H,4,7,9,18H2,1-3H3/b10-8+. The van der Waals surface area contributed by atoms with Gasteiger partial charge in [-0.15, -0.1) is 0 Å². The van der Waals surface area contributed by atoms with E-state index in [1.165, 1.54) is 0 Å². The van der Waals surface area contributed by atoms with E-state index in [1.807, 2.05) is 13.8 Å². The second-order valence-electron chi connectivity index (χ2n) is 4.83. The predicted molar refractivity (Wildman–Crippen MR) is 86.0 cm³/mol. The van der Waals surface area contributed by atoms with Crippen molar-refractivity contribution in [2.75, 3.05) is 6.61 Å². The molecule has 0 amide bonds. The van der Waals surface area contributed by atoms with Crippen molar-refractivity contribution < 1.29 is 4.74 Å². The highest BCUT2D eigenvalue weighted by Crippen LogP contribution is 2.29. The molecule has 1 unspecified atom stereocenters. The molecular weight excluding hydrogens is 326 g/mol. The summed E-state index contributed by atoms with van der Waals surface area (Å²) in [5.41, 5.74) is 10.8. The van der Waals surface area contributed by atoms with Crippen LogP contribution in [-0.2, 0) is 6.42 Å². The van der Waals surface area contributed by atoms with Crippen molar-refractivity contribution in [3.05, 3.63) is 38.8 Å². The molecule has 0 aromatic heterocycles. The maximum atomic E-state index is 6.05. The van der Waals surface area contributed by atoms with Crippen molar-refractivity contribution in [2.45, 2.75) is 39.7 Å². The Bertz CT molecular complexity index is 460. The molecule has 1 atom stereocenters. The molecule has 106 valence electrons. The minimum Gasteiger partial charge on any atom is -0.489 e. The third-order valence-corrected chi connectivity index (χ3v) is 3.78. The van der Waals surface area contributed by atoms with E-state index in [2.05, 4.69) is 35.0 Å². The highest BCUT2D eigenvalue weighted by molar-refractivity contribution is 9.10. The van der Waals surface area contributed by atoms with Gasteiger partial charge in [0.15, 0.2) is 0 Å². The number of hydrogen-bond donors (Lipinski definition) is 1. The molecule has 1 rings (SSSR count). The Balaban J connectivity index is 2.99. The van der Waals surface area contributed by atoms with Crippen LogP contribution in [0.1, 0.15) is 31.4 Å². The van der Waals surface area contributed by atoms with Crippen molar-refractivity contribution in [2.24, 2.45) is 5.73 Å². The summed E-state index contributed by atoms with van der Waals surface area (Å²) in [5.74, 6) is 0.921. The predicted octanol–water partition coefficient (Wildman–Crippen LogP) is 4.56. The largest absolute Gasteiger partial charge is 0.489 e. The minimum atomic E-state index is 0.153. The third kappa shape index (κ3) is 5.17. The first-order valence-corrected chi connectivity index (χ1v) is 7.64. The Morgan fingerprint density at radius 2 is 2.21 bits per heavy atom. The van der Waals surface area contributed by atoms with Gasteiger partial charge in [0.2, 0.25) is 0 Å². The molecular formula is C15H21BrClNO. The van der Waals surface area contributed by atoms with Crippen molar-refractivity contribution in [1.82, 2.24) is 0 Å². The molecule has 2 N–H and O–H groups in total. The van der Waals surface area contributed by atoms with E-state index in [1.54, 1.807) is 5.54 Å². The summed E-state index contributed by atoms with van der Waals surface area (Å²) in [6.45, 7) is 6.58. The Labute approximate surface area is 129 Å². The lowest BCUT2D eigenvalue weighted by Gasteiger charge is -2.17. The Morgan fingerprint density at radius 3 is 2.79 bits per heavy atom. The van der Waals surface area contributed by atoms with Gasteiger partial charge in [0.25, 0.3) is 0 Å². The Morgan fingerprint density at radius 1 is 1.53 bits per heavy atom. The fourth-order valence-corrected chi connectivity index (χ4v) is 2.48. The van der Waals surface area contributed by atoms with E-state index < -0.39 is 0 Å². The van der Waals surface area contributed by atoms with E-state index in [0.29, 0.717) is 6.61 Å². The normalized spacial score (nSPS) is 13.5. The Kier molecular flexibility index (Phi) is 6.90. The smallest absolute Gasteiger partial charge is 0.126 e. The van der Waals surface area contributed by atoms with Gasteiger partial charge >= 0.3 is 0 Å². The average molecular weight is 347 g/mol. The van der Waals surface area contributed by atoms with Gasteiger partial charge in [-0.1, -0.05) is 34.5 Å². The van der Waals surface area contributed by atoms with Crippen molar-refractivity contribution >= 4 is 27.5 Å². The summed E-state index contributed by atoms with van der Waals surface area (Å²) in [6.07, 6.45) is 1.77. The first kappa shape index (κ1) is 16.5. The molecule has 0 aliphatic heterocycles. The summed E-state index contributed by atoms with van der Waals surface area (Å²) in [7, 11) is 0. The molecule has 1 aromatic carbocycles. The molecule has 4 heteroatoms. The molecule has 0 saturated carbocycles. The monoisotopic (exact) mass is 345 g/mol. The second-order valence-corrected chi connectivity index (χ2v) is 5.96. The van der Waals surface area contributed by atoms with Crippen molar-refractivity contribution in [1.29, 1.82) is 0 Å². The van der Waals surface area contributed by atoms with E-state index >= 15 is 0 Å². The molecule has 19 heavy (non-hydrogen) atoms. The zero-order valence-corrected chi connectivity index (χ0v) is 14.0. The van der Waals surface area contributed by atoms with Crippen LogP contribution in [0, 0.1) is 6.92 Å². The first-order valence-electron chi connectivity index (χ1n) is 6.41. The van der Waals surface area contributed by atoms with E-state index in [4.69, 9.17) is 22.1 Å². The quantitative estimate of drug-likeness (QED) is 0.819. The number of halogens is 2. The fraction of sp³-hybridized carbons (Fsp3) is 0.467. The summed E-state index contributed by atoms with van der Waals surface area (Å²) >= 11 is 9.18. The topological polar surface area (TPSA) is 35.2 Å². The lowest BCUT2D eigenvalue weighted by molar-refractivity contribution is 0.345. The second kappa shape index (κ2) is 7.93. The number of rotatable bonds is 6. The lowest BCUT2D eigenvalue weighted by Crippen LogP contribution is -2.22. The summed E-state index contributed by atoms with van der Waals surface area (Å²) in [4.78, 5) is 0. The molecule has 0 spiro atoms. The van der Waals surface area contributed by atoms with Crippen LogP contribution >= 0.6 is 27.5 Å². The van der Waals surface area contributed by atoms with Crippen molar-refractivity contribution in [3.63, 3.8) is 0 Å². The molecule has 0 bridgehead atoms. The first-order chi connectivity index (χ1) is 8.97. The maximum Gasteiger partial charge on any atom is 0.126 e. The number of ether oxygens (including phenoxy) is 1. The third-order valence-electron chi connectivity index (χ3n) is 2.95. The average Bonchev–Trinajstić information content (AvgIpc) is 2.36. The van der Waals surface area contributed by atoms with Crippen LogP contribution in [0.3, 0.4) is 0 Å². The Hall–Kier alpha value is -0.510. The number of aryl methyl sites for hydroxylation is 1. The molecule has 1 aromatic rings. The van der Waals surface area contributed by atoms with Crippen molar-refractivity contribution in [3.8, 4) is 5.75 Å². The van der Waals surface area contributed by atoms with E-state index in [-0.39, 0.29) is 6.04 Å². The summed E-state index contributed by atoms with van der Waals surface area (Å²) < 4.78 is 6.95. The van der Waals surface area contributed by atoms with Crippen LogP contribution in [0.5, 0.6) is 5.75 Å². The molecule has 0 aliphatic carbocycles. The van der Waals surface area contributed by atoms with Crippen LogP contribution in [-0.4, -0.2) is 12.6 Å². The van der Waals surface area contributed by atoms with Gasteiger partial charge < -0.3 is 10.5 Å². The van der Waals surface area contributed by atoms with Crippen LogP contribution in [0.15, 0.2) is 27.7 Å². The molecule has 0 aliphatic rings. The SMILES string of the molecule is CCC(N)Cc1cc(Br)cc(C)c1OC/C(C)=C/Cl. The van der Waals surface area contributed by atoms with Gasteiger partial charge in [-0.05, 0) is 55.5 Å². The highest BCUT2D eigenvalue weighted by atomic mass is 79.9. The zero-order valence-electron chi connectivity index (χ0n) is 11.7. The molecule has 2 nitrogen and oxygen atoms in total. The summed E-state index contributed by atoms with van der Waals surface area (Å²) in [6, 6.07) is 4.29. The van der Waals surface area contributed by atoms with E-state index in [9.17, 15) is 0 Å². The van der Waals surface area contributed by atoms with Crippen LogP contribution in [0.4, 0.5) is 0 Å². The fourth-order valence-electron chi connectivity index (χ4n) is 1.80. The molecule has 0 heterocycles. The molecule has 0 fully saturated rings. The van der Waals surface area contributed by atoms with Gasteiger partial charge in [0, 0.05) is 16.0 Å².